The first kappa shape index (κ1) is 23.9. The Labute approximate surface area is 226 Å². The average molecular weight is 517 g/mol. The Morgan fingerprint density at radius 2 is 1.55 bits per heavy atom. The summed E-state index contributed by atoms with van der Waals surface area (Å²) in [6.07, 6.45) is 2.85. The summed E-state index contributed by atoms with van der Waals surface area (Å²) in [6.45, 7) is 1.66. The van der Waals surface area contributed by atoms with E-state index >= 15 is 0 Å². The zero-order valence-corrected chi connectivity index (χ0v) is 21.8. The number of hydrogen-bond donors (Lipinski definition) is 1. The lowest BCUT2D eigenvalue weighted by molar-refractivity contribution is 0.195. The van der Waals surface area contributed by atoms with Crippen molar-refractivity contribution in [2.24, 2.45) is 0 Å². The highest BCUT2D eigenvalue weighted by atomic mass is 32.1. The summed E-state index contributed by atoms with van der Waals surface area (Å²) in [5.74, 6) is 0. The topological polar surface area (TPSA) is 49.6 Å². The van der Waals surface area contributed by atoms with E-state index in [2.05, 4.69) is 75.9 Å². The number of fused-ring (bicyclic) bond motifs is 2. The predicted octanol–water partition coefficient (Wildman–Crippen LogP) is 7.17. The molecule has 0 aliphatic rings. The van der Waals surface area contributed by atoms with E-state index in [1.54, 1.807) is 11.3 Å². The van der Waals surface area contributed by atoms with Crippen molar-refractivity contribution < 1.29 is 4.79 Å². The molecule has 0 aliphatic heterocycles. The van der Waals surface area contributed by atoms with Gasteiger partial charge in [0, 0.05) is 48.9 Å². The number of carbonyl (C=O) groups is 1. The van der Waals surface area contributed by atoms with E-state index in [-0.39, 0.29) is 6.03 Å². The SMILES string of the molecule is O=C(NCc1ccccc1)N(CCc1csc2nc(-c3ccc4ccccc4c3)cn12)Cc1ccccc1. The lowest BCUT2D eigenvalue weighted by Gasteiger charge is -2.23. The number of nitrogens with one attached hydrogen (secondary N) is 1. The molecule has 6 rings (SSSR count). The minimum absolute atomic E-state index is 0.0633. The molecule has 2 aromatic heterocycles. The summed E-state index contributed by atoms with van der Waals surface area (Å²) < 4.78 is 2.16. The molecule has 6 heteroatoms. The molecule has 0 atom stereocenters. The van der Waals surface area contributed by atoms with E-state index in [1.165, 1.54) is 10.8 Å². The van der Waals surface area contributed by atoms with Crippen LogP contribution in [0.4, 0.5) is 4.79 Å². The fourth-order valence-corrected chi connectivity index (χ4v) is 5.60. The summed E-state index contributed by atoms with van der Waals surface area (Å²) in [5, 5.41) is 7.68. The van der Waals surface area contributed by atoms with Crippen LogP contribution in [0.1, 0.15) is 16.8 Å². The van der Waals surface area contributed by atoms with Crippen molar-refractivity contribution in [2.75, 3.05) is 6.54 Å². The molecule has 0 bridgehead atoms. The van der Waals surface area contributed by atoms with Gasteiger partial charge in [0.25, 0.3) is 0 Å². The molecule has 5 nitrogen and oxygen atoms in total. The number of carbonyl (C=O) groups excluding carboxylic acids is 1. The predicted molar refractivity (Wildman–Crippen MR) is 155 cm³/mol. The highest BCUT2D eigenvalue weighted by Crippen LogP contribution is 2.27. The fraction of sp³-hybridized carbons (Fsp3) is 0.125. The number of imidazole rings is 1. The van der Waals surface area contributed by atoms with Gasteiger partial charge in [-0.15, -0.1) is 11.3 Å². The van der Waals surface area contributed by atoms with E-state index in [0.717, 1.165) is 39.5 Å². The average Bonchev–Trinajstić information content (AvgIpc) is 3.56. The number of amides is 2. The number of nitrogens with zero attached hydrogens (tertiary/aromatic N) is 3. The number of aromatic nitrogens is 2. The third-order valence-corrected chi connectivity index (χ3v) is 7.65. The number of benzene rings is 4. The number of thiazole rings is 1. The van der Waals surface area contributed by atoms with Crippen LogP contribution in [0.25, 0.3) is 27.0 Å². The van der Waals surface area contributed by atoms with E-state index in [1.807, 2.05) is 53.4 Å². The molecule has 6 aromatic rings. The standard InChI is InChI=1S/C32H28N4OS/c37-31(33-20-24-9-3-1-4-10-24)35(21-25-11-5-2-6-12-25)18-17-29-23-38-32-34-30(22-36(29)32)28-16-15-26-13-7-8-14-27(26)19-28/h1-16,19,22-23H,17-18,20-21H2,(H,33,37). The van der Waals surface area contributed by atoms with Crippen LogP contribution in [-0.4, -0.2) is 26.9 Å². The Kier molecular flexibility index (Phi) is 6.87. The second-order valence-electron chi connectivity index (χ2n) is 9.37. The molecule has 4 aromatic carbocycles. The van der Waals surface area contributed by atoms with Gasteiger partial charge in [-0.25, -0.2) is 9.78 Å². The van der Waals surface area contributed by atoms with Crippen molar-refractivity contribution in [2.45, 2.75) is 19.5 Å². The maximum Gasteiger partial charge on any atom is 0.317 e. The first-order valence-electron chi connectivity index (χ1n) is 12.8. The Bertz CT molecular complexity index is 1670. The third kappa shape index (κ3) is 5.31. The fourth-order valence-electron chi connectivity index (χ4n) is 4.69. The Morgan fingerprint density at radius 3 is 2.34 bits per heavy atom. The second-order valence-corrected chi connectivity index (χ2v) is 10.2. The molecule has 0 saturated carbocycles. The van der Waals surface area contributed by atoms with Crippen LogP contribution >= 0.6 is 11.3 Å². The number of urea groups is 1. The summed E-state index contributed by atoms with van der Waals surface area (Å²) in [6, 6.07) is 34.9. The van der Waals surface area contributed by atoms with E-state index in [9.17, 15) is 4.79 Å². The third-order valence-electron chi connectivity index (χ3n) is 6.76. The van der Waals surface area contributed by atoms with Gasteiger partial charge >= 0.3 is 6.03 Å². The lowest BCUT2D eigenvalue weighted by atomic mass is 10.1. The smallest absolute Gasteiger partial charge is 0.317 e. The molecule has 0 radical (unpaired) electrons. The maximum atomic E-state index is 13.2. The molecular formula is C32H28N4OS. The van der Waals surface area contributed by atoms with E-state index in [4.69, 9.17) is 4.98 Å². The van der Waals surface area contributed by atoms with E-state index in [0.29, 0.717) is 19.6 Å². The number of rotatable bonds is 8. The van der Waals surface area contributed by atoms with Crippen LogP contribution in [-0.2, 0) is 19.5 Å². The monoisotopic (exact) mass is 516 g/mol. The molecule has 2 heterocycles. The van der Waals surface area contributed by atoms with Crippen molar-refractivity contribution in [1.82, 2.24) is 19.6 Å². The summed E-state index contributed by atoms with van der Waals surface area (Å²) in [5.41, 5.74) is 5.42. The molecule has 0 saturated heterocycles. The molecule has 2 amide bonds. The highest BCUT2D eigenvalue weighted by Gasteiger charge is 2.16. The molecule has 0 unspecified atom stereocenters. The van der Waals surface area contributed by atoms with Gasteiger partial charge in [-0.3, -0.25) is 4.40 Å². The van der Waals surface area contributed by atoms with Crippen LogP contribution in [0.15, 0.2) is 115 Å². The summed E-state index contributed by atoms with van der Waals surface area (Å²) >= 11 is 1.64. The number of hydrogen-bond acceptors (Lipinski definition) is 3. The zero-order chi connectivity index (χ0) is 25.7. The maximum absolute atomic E-state index is 13.2. The van der Waals surface area contributed by atoms with Crippen LogP contribution in [0.2, 0.25) is 0 Å². The highest BCUT2D eigenvalue weighted by molar-refractivity contribution is 7.15. The molecule has 0 aliphatic carbocycles. The van der Waals surface area contributed by atoms with Gasteiger partial charge in [0.2, 0.25) is 0 Å². The van der Waals surface area contributed by atoms with Crippen LogP contribution < -0.4 is 5.32 Å². The van der Waals surface area contributed by atoms with Crippen LogP contribution in [0.3, 0.4) is 0 Å². The lowest BCUT2D eigenvalue weighted by Crippen LogP contribution is -2.40. The molecule has 38 heavy (non-hydrogen) atoms. The van der Waals surface area contributed by atoms with Crippen molar-refractivity contribution in [1.29, 1.82) is 0 Å². The Morgan fingerprint density at radius 1 is 0.842 bits per heavy atom. The summed E-state index contributed by atoms with van der Waals surface area (Å²) in [4.78, 5) is 21.0. The first-order valence-corrected chi connectivity index (χ1v) is 13.7. The summed E-state index contributed by atoms with van der Waals surface area (Å²) in [7, 11) is 0. The van der Waals surface area contributed by atoms with Gasteiger partial charge in [-0.1, -0.05) is 97.1 Å². The van der Waals surface area contributed by atoms with E-state index < -0.39 is 0 Å². The molecular weight excluding hydrogens is 488 g/mol. The largest absolute Gasteiger partial charge is 0.334 e. The molecule has 0 spiro atoms. The quantitative estimate of drug-likeness (QED) is 0.233. The van der Waals surface area contributed by atoms with Gasteiger partial charge in [-0.2, -0.15) is 0 Å². The van der Waals surface area contributed by atoms with Crippen LogP contribution in [0.5, 0.6) is 0 Å². The minimum Gasteiger partial charge on any atom is -0.334 e. The van der Waals surface area contributed by atoms with Crippen molar-refractivity contribution in [3.05, 3.63) is 132 Å². The van der Waals surface area contributed by atoms with Crippen molar-refractivity contribution in [3.63, 3.8) is 0 Å². The van der Waals surface area contributed by atoms with Crippen LogP contribution in [0, 0.1) is 0 Å². The normalized spacial score (nSPS) is 11.2. The van der Waals surface area contributed by atoms with Crippen molar-refractivity contribution >= 4 is 33.1 Å². The van der Waals surface area contributed by atoms with Crippen molar-refractivity contribution in [3.8, 4) is 11.3 Å². The van der Waals surface area contributed by atoms with Gasteiger partial charge in [0.15, 0.2) is 4.96 Å². The molecule has 1 N–H and O–H groups in total. The second kappa shape index (κ2) is 10.9. The molecule has 188 valence electrons. The Hall–Kier alpha value is -4.42. The van der Waals surface area contributed by atoms with Gasteiger partial charge in [0.1, 0.15) is 0 Å². The molecule has 0 fully saturated rings. The first-order chi connectivity index (χ1) is 18.7. The Balaban J connectivity index is 1.20. The zero-order valence-electron chi connectivity index (χ0n) is 21.0. The van der Waals surface area contributed by atoms with Gasteiger partial charge in [0.05, 0.1) is 5.69 Å². The van der Waals surface area contributed by atoms with Gasteiger partial charge < -0.3 is 10.2 Å². The van der Waals surface area contributed by atoms with Gasteiger partial charge in [-0.05, 0) is 28.0 Å². The minimum atomic E-state index is -0.0633.